The molecule has 0 spiro atoms. The van der Waals surface area contributed by atoms with Gasteiger partial charge < -0.3 is 4.90 Å². The van der Waals surface area contributed by atoms with Gasteiger partial charge in [0.2, 0.25) is 0 Å². The average molecular weight is 752 g/mol. The van der Waals surface area contributed by atoms with Crippen molar-refractivity contribution in [2.75, 3.05) is 4.90 Å². The highest BCUT2D eigenvalue weighted by atomic mass is 15.1. The van der Waals surface area contributed by atoms with Gasteiger partial charge in [-0.25, -0.2) is 0 Å². The fourth-order valence-electron chi connectivity index (χ4n) is 8.35. The van der Waals surface area contributed by atoms with Crippen molar-refractivity contribution >= 4 is 27.8 Å². The highest BCUT2D eigenvalue weighted by Gasteiger charge is 2.20. The van der Waals surface area contributed by atoms with Gasteiger partial charge in [-0.1, -0.05) is 206 Å². The van der Waals surface area contributed by atoms with Gasteiger partial charge in [0.15, 0.2) is 0 Å². The van der Waals surface area contributed by atoms with Crippen LogP contribution < -0.4 is 4.90 Å². The van der Waals surface area contributed by atoms with E-state index < -0.39 is 0 Å². The van der Waals surface area contributed by atoms with Gasteiger partial charge in [0.1, 0.15) is 0 Å². The fourth-order valence-corrected chi connectivity index (χ4v) is 8.35. The smallest absolute Gasteiger partial charge is 0.0540 e. The summed E-state index contributed by atoms with van der Waals surface area (Å²) in [4.78, 5) is 2.41. The van der Waals surface area contributed by atoms with Crippen LogP contribution in [0, 0.1) is 0 Å². The van der Waals surface area contributed by atoms with Gasteiger partial charge >= 0.3 is 0 Å². The monoisotopic (exact) mass is 751 g/mol. The molecule has 59 heavy (non-hydrogen) atoms. The number of benzene rings is 10. The van der Waals surface area contributed by atoms with E-state index in [1.807, 2.05) is 0 Å². The van der Waals surface area contributed by atoms with Crippen LogP contribution in [0.2, 0.25) is 0 Å². The Bertz CT molecular complexity index is 2990. The Morgan fingerprint density at radius 1 is 0.237 bits per heavy atom. The maximum atomic E-state index is 2.41. The third-order valence-electron chi connectivity index (χ3n) is 11.3. The summed E-state index contributed by atoms with van der Waals surface area (Å²) in [6, 6.07) is 89.8. The normalized spacial score (nSPS) is 11.1. The quantitative estimate of drug-likeness (QED) is 0.142. The summed E-state index contributed by atoms with van der Waals surface area (Å²) in [7, 11) is 0. The van der Waals surface area contributed by atoms with E-state index in [0.29, 0.717) is 0 Å². The van der Waals surface area contributed by atoms with E-state index in [4.69, 9.17) is 0 Å². The molecule has 0 bridgehead atoms. The average Bonchev–Trinajstić information content (AvgIpc) is 3.33. The molecule has 0 aliphatic carbocycles. The highest BCUT2D eigenvalue weighted by molar-refractivity contribution is 6.04. The molecule has 0 heterocycles. The summed E-state index contributed by atoms with van der Waals surface area (Å²) in [5.41, 5.74) is 17.6. The molecule has 1 heteroatoms. The third kappa shape index (κ3) is 7.23. The van der Waals surface area contributed by atoms with Crippen molar-refractivity contribution in [3.8, 4) is 66.8 Å². The minimum atomic E-state index is 1.08. The van der Waals surface area contributed by atoms with Crippen molar-refractivity contribution in [3.63, 3.8) is 0 Å². The van der Waals surface area contributed by atoms with Gasteiger partial charge in [-0.3, -0.25) is 0 Å². The van der Waals surface area contributed by atoms with Crippen LogP contribution in [0.4, 0.5) is 17.1 Å². The molecule has 1 nitrogen and oxygen atoms in total. The van der Waals surface area contributed by atoms with Crippen LogP contribution in [0.3, 0.4) is 0 Å². The zero-order valence-corrected chi connectivity index (χ0v) is 32.6. The number of anilines is 3. The van der Waals surface area contributed by atoms with E-state index in [1.165, 1.54) is 72.0 Å². The molecule has 0 aliphatic heterocycles. The molecule has 0 saturated carbocycles. The summed E-state index contributed by atoms with van der Waals surface area (Å²) in [5.74, 6) is 0. The van der Waals surface area contributed by atoms with Crippen molar-refractivity contribution in [2.24, 2.45) is 0 Å². The number of fused-ring (bicyclic) bond motifs is 1. The SMILES string of the molecule is c1ccc(-c2cccc(-c3ccc(N(c4ccc(-c5ccc6ccccc6c5-c5ccccc5)cc4)c4ccc(-c5ccccc5)cc4-c4ccccc4)cc3)c2)cc1. The zero-order chi connectivity index (χ0) is 39.4. The molecule has 0 unspecified atom stereocenters. The Balaban J connectivity index is 1.11. The Kier molecular flexibility index (Phi) is 9.68. The predicted octanol–water partition coefficient (Wildman–Crippen LogP) is 16.3. The number of hydrogen-bond acceptors (Lipinski definition) is 1. The van der Waals surface area contributed by atoms with Crippen LogP contribution in [-0.2, 0) is 0 Å². The minimum Gasteiger partial charge on any atom is -0.310 e. The van der Waals surface area contributed by atoms with Crippen LogP contribution in [0.1, 0.15) is 0 Å². The summed E-state index contributed by atoms with van der Waals surface area (Å²) in [5, 5.41) is 2.49. The van der Waals surface area contributed by atoms with Gasteiger partial charge in [0.05, 0.1) is 5.69 Å². The van der Waals surface area contributed by atoms with Crippen LogP contribution >= 0.6 is 0 Å². The van der Waals surface area contributed by atoms with E-state index in [9.17, 15) is 0 Å². The van der Waals surface area contributed by atoms with Crippen molar-refractivity contribution < 1.29 is 0 Å². The van der Waals surface area contributed by atoms with Crippen LogP contribution in [0.25, 0.3) is 77.5 Å². The summed E-state index contributed by atoms with van der Waals surface area (Å²) < 4.78 is 0. The van der Waals surface area contributed by atoms with Crippen LogP contribution in [0.5, 0.6) is 0 Å². The van der Waals surface area contributed by atoms with Gasteiger partial charge in [0.25, 0.3) is 0 Å². The second-order valence-corrected chi connectivity index (χ2v) is 14.9. The topological polar surface area (TPSA) is 3.24 Å². The maximum Gasteiger partial charge on any atom is 0.0540 e. The van der Waals surface area contributed by atoms with Crippen molar-refractivity contribution in [3.05, 3.63) is 249 Å². The van der Waals surface area contributed by atoms with E-state index in [0.717, 1.165) is 22.6 Å². The Morgan fingerprint density at radius 3 is 1.25 bits per heavy atom. The Hall–Kier alpha value is -7.74. The molecule has 0 saturated heterocycles. The number of rotatable bonds is 9. The molecule has 0 fully saturated rings. The molecular formula is C58H41N. The van der Waals surface area contributed by atoms with E-state index in [-0.39, 0.29) is 0 Å². The first-order valence-electron chi connectivity index (χ1n) is 20.3. The maximum absolute atomic E-state index is 2.41. The fraction of sp³-hybridized carbons (Fsp3) is 0. The number of nitrogens with zero attached hydrogens (tertiary/aromatic N) is 1. The first kappa shape index (κ1) is 35.7. The molecule has 10 aromatic rings. The van der Waals surface area contributed by atoms with E-state index in [1.54, 1.807) is 0 Å². The molecule has 10 rings (SSSR count). The van der Waals surface area contributed by atoms with E-state index >= 15 is 0 Å². The Labute approximate surface area is 346 Å². The lowest BCUT2D eigenvalue weighted by Gasteiger charge is -2.29. The predicted molar refractivity (Wildman–Crippen MR) is 251 cm³/mol. The standard InChI is InChI=1S/C58H41N/c1-5-16-42(17-6-1)49-25-15-26-50(40-49)44-28-34-52(35-29-44)59(57-39-33-51(43-18-7-2-8-19-43)41-56(57)45-20-9-3-10-21-45)53-36-30-47(31-37-53)55-38-32-46-22-13-14-27-54(46)58(55)48-23-11-4-12-24-48/h1-41H. The molecule has 0 aliphatic rings. The minimum absolute atomic E-state index is 1.08. The van der Waals surface area contributed by atoms with Gasteiger partial charge in [-0.15, -0.1) is 0 Å². The van der Waals surface area contributed by atoms with Crippen LogP contribution in [0.15, 0.2) is 249 Å². The molecule has 0 N–H and O–H groups in total. The van der Waals surface area contributed by atoms with Crippen molar-refractivity contribution in [2.45, 2.75) is 0 Å². The largest absolute Gasteiger partial charge is 0.310 e. The molecule has 10 aromatic carbocycles. The summed E-state index contributed by atoms with van der Waals surface area (Å²) in [6.45, 7) is 0. The molecule has 0 atom stereocenters. The first-order valence-corrected chi connectivity index (χ1v) is 20.3. The first-order chi connectivity index (χ1) is 29.3. The van der Waals surface area contributed by atoms with Crippen LogP contribution in [-0.4, -0.2) is 0 Å². The zero-order valence-electron chi connectivity index (χ0n) is 32.6. The van der Waals surface area contributed by atoms with Gasteiger partial charge in [-0.2, -0.15) is 0 Å². The second kappa shape index (κ2) is 16.0. The summed E-state index contributed by atoms with van der Waals surface area (Å²) >= 11 is 0. The lowest BCUT2D eigenvalue weighted by molar-refractivity contribution is 1.28. The Morgan fingerprint density at radius 2 is 0.661 bits per heavy atom. The van der Waals surface area contributed by atoms with Crippen molar-refractivity contribution in [1.29, 1.82) is 0 Å². The van der Waals surface area contributed by atoms with E-state index in [2.05, 4.69) is 254 Å². The third-order valence-corrected chi connectivity index (χ3v) is 11.3. The molecule has 0 aromatic heterocycles. The van der Waals surface area contributed by atoms with Gasteiger partial charge in [-0.05, 0) is 114 Å². The lowest BCUT2D eigenvalue weighted by Crippen LogP contribution is -2.11. The van der Waals surface area contributed by atoms with Gasteiger partial charge in [0, 0.05) is 16.9 Å². The lowest BCUT2D eigenvalue weighted by atomic mass is 9.89. The highest BCUT2D eigenvalue weighted by Crippen LogP contribution is 2.45. The second-order valence-electron chi connectivity index (χ2n) is 14.9. The molecule has 0 radical (unpaired) electrons. The summed E-state index contributed by atoms with van der Waals surface area (Å²) in [6.07, 6.45) is 0. The number of hydrogen-bond donors (Lipinski definition) is 0. The molecule has 278 valence electrons. The van der Waals surface area contributed by atoms with Crippen molar-refractivity contribution in [1.82, 2.24) is 0 Å². The molecule has 0 amide bonds. The molecular weight excluding hydrogens is 711 g/mol.